The Morgan fingerprint density at radius 1 is 1.30 bits per heavy atom. The highest BCUT2D eigenvalue weighted by Gasteiger charge is 2.02. The van der Waals surface area contributed by atoms with Gasteiger partial charge in [0.2, 0.25) is 0 Å². The summed E-state index contributed by atoms with van der Waals surface area (Å²) in [5, 5.41) is 11.5. The lowest BCUT2D eigenvalue weighted by atomic mass is 10.3. The molecular formula is C14H19BrN4O. The van der Waals surface area contributed by atoms with Crippen LogP contribution in [0.1, 0.15) is 19.5 Å². The molecule has 0 saturated carbocycles. The molecule has 0 fully saturated rings. The third-order valence-corrected chi connectivity index (χ3v) is 3.21. The summed E-state index contributed by atoms with van der Waals surface area (Å²) in [7, 11) is 0. The van der Waals surface area contributed by atoms with Gasteiger partial charge in [-0.15, -0.1) is 5.10 Å². The van der Waals surface area contributed by atoms with E-state index in [1.54, 1.807) is 4.68 Å². The minimum absolute atomic E-state index is 0.445. The van der Waals surface area contributed by atoms with Crippen LogP contribution in [0.25, 0.3) is 0 Å². The van der Waals surface area contributed by atoms with Gasteiger partial charge in [-0.2, -0.15) is 0 Å². The summed E-state index contributed by atoms with van der Waals surface area (Å²) in [6.45, 7) is 6.21. The standard InChI is InChI=1S/C14H19BrN4O/c1-11(2)16-9-13-10-19(18-17-13)7-8-20-14-5-3-12(15)4-6-14/h3-6,10-11,16H,7-9H2,1-2H3. The van der Waals surface area contributed by atoms with Crippen molar-refractivity contribution >= 4 is 15.9 Å². The number of benzene rings is 1. The first-order valence-corrected chi connectivity index (χ1v) is 7.43. The Hall–Kier alpha value is -1.40. The minimum Gasteiger partial charge on any atom is -0.492 e. The normalized spacial score (nSPS) is 11.0. The average molecular weight is 339 g/mol. The lowest BCUT2D eigenvalue weighted by Gasteiger charge is -2.06. The van der Waals surface area contributed by atoms with Crippen LogP contribution in [-0.4, -0.2) is 27.6 Å². The Balaban J connectivity index is 1.75. The first-order chi connectivity index (χ1) is 9.63. The molecule has 2 aromatic rings. The highest BCUT2D eigenvalue weighted by Crippen LogP contribution is 2.15. The molecule has 0 radical (unpaired) electrons. The molecule has 1 N–H and O–H groups in total. The second-order valence-electron chi connectivity index (χ2n) is 4.81. The fraction of sp³-hybridized carbons (Fsp3) is 0.429. The maximum atomic E-state index is 5.65. The zero-order valence-corrected chi connectivity index (χ0v) is 13.3. The zero-order valence-electron chi connectivity index (χ0n) is 11.7. The van der Waals surface area contributed by atoms with Crippen LogP contribution in [0.3, 0.4) is 0 Å². The Morgan fingerprint density at radius 2 is 2.05 bits per heavy atom. The maximum Gasteiger partial charge on any atom is 0.119 e. The Labute approximate surface area is 127 Å². The average Bonchev–Trinajstić information content (AvgIpc) is 2.87. The molecule has 0 unspecified atom stereocenters. The molecule has 108 valence electrons. The number of nitrogens with zero attached hydrogens (tertiary/aromatic N) is 3. The topological polar surface area (TPSA) is 52.0 Å². The van der Waals surface area contributed by atoms with E-state index >= 15 is 0 Å². The van der Waals surface area contributed by atoms with Gasteiger partial charge in [-0.25, -0.2) is 4.68 Å². The number of aromatic nitrogens is 3. The van der Waals surface area contributed by atoms with Gasteiger partial charge in [0.05, 0.1) is 12.2 Å². The maximum absolute atomic E-state index is 5.65. The molecule has 20 heavy (non-hydrogen) atoms. The summed E-state index contributed by atoms with van der Waals surface area (Å²) in [4.78, 5) is 0. The number of hydrogen-bond acceptors (Lipinski definition) is 4. The number of rotatable bonds is 7. The molecule has 0 aliphatic heterocycles. The predicted octanol–water partition coefficient (Wildman–Crippen LogP) is 2.62. The molecule has 0 amide bonds. The summed E-state index contributed by atoms with van der Waals surface area (Å²) < 4.78 is 8.49. The highest BCUT2D eigenvalue weighted by atomic mass is 79.9. The van der Waals surface area contributed by atoms with Crippen LogP contribution in [0.5, 0.6) is 5.75 Å². The summed E-state index contributed by atoms with van der Waals surface area (Å²) in [5.74, 6) is 0.856. The smallest absolute Gasteiger partial charge is 0.119 e. The lowest BCUT2D eigenvalue weighted by molar-refractivity contribution is 0.289. The summed E-state index contributed by atoms with van der Waals surface area (Å²) in [5.41, 5.74) is 0.947. The zero-order chi connectivity index (χ0) is 14.4. The van der Waals surface area contributed by atoms with Crippen LogP contribution in [0.2, 0.25) is 0 Å². The van der Waals surface area contributed by atoms with Crippen LogP contribution in [-0.2, 0) is 13.1 Å². The van der Waals surface area contributed by atoms with Crippen molar-refractivity contribution in [2.75, 3.05) is 6.61 Å². The van der Waals surface area contributed by atoms with Gasteiger partial charge in [-0.1, -0.05) is 35.0 Å². The number of hydrogen-bond donors (Lipinski definition) is 1. The Kier molecular flexibility index (Phi) is 5.55. The fourth-order valence-corrected chi connectivity index (χ4v) is 1.89. The molecule has 6 heteroatoms. The molecule has 0 saturated heterocycles. The van der Waals surface area contributed by atoms with Crippen LogP contribution < -0.4 is 10.1 Å². The van der Waals surface area contributed by atoms with E-state index in [0.717, 1.165) is 22.5 Å². The van der Waals surface area contributed by atoms with Gasteiger partial charge in [-0.05, 0) is 24.3 Å². The molecule has 1 aromatic heterocycles. The molecule has 2 rings (SSSR count). The van der Waals surface area contributed by atoms with Gasteiger partial charge in [0.25, 0.3) is 0 Å². The number of halogens is 1. The number of ether oxygens (including phenoxy) is 1. The van der Waals surface area contributed by atoms with E-state index < -0.39 is 0 Å². The molecule has 0 bridgehead atoms. The van der Waals surface area contributed by atoms with Crippen molar-refractivity contribution in [1.29, 1.82) is 0 Å². The van der Waals surface area contributed by atoms with Crippen LogP contribution in [0.15, 0.2) is 34.9 Å². The summed E-state index contributed by atoms with van der Waals surface area (Å²) >= 11 is 3.39. The Bertz CT molecular complexity index is 524. The molecule has 1 aromatic carbocycles. The monoisotopic (exact) mass is 338 g/mol. The largest absolute Gasteiger partial charge is 0.492 e. The van der Waals surface area contributed by atoms with Gasteiger partial charge in [0.1, 0.15) is 12.4 Å². The third-order valence-electron chi connectivity index (χ3n) is 2.68. The van der Waals surface area contributed by atoms with Crippen molar-refractivity contribution in [1.82, 2.24) is 20.3 Å². The third kappa shape index (κ3) is 4.94. The van der Waals surface area contributed by atoms with Gasteiger partial charge in [0, 0.05) is 23.3 Å². The molecule has 0 aliphatic carbocycles. The van der Waals surface area contributed by atoms with Crippen LogP contribution in [0.4, 0.5) is 0 Å². The van der Waals surface area contributed by atoms with Gasteiger partial charge >= 0.3 is 0 Å². The van der Waals surface area contributed by atoms with Gasteiger partial charge in [-0.3, -0.25) is 0 Å². The number of nitrogens with one attached hydrogen (secondary N) is 1. The molecule has 0 spiro atoms. The second-order valence-corrected chi connectivity index (χ2v) is 5.73. The summed E-state index contributed by atoms with van der Waals surface area (Å²) in [6.07, 6.45) is 1.94. The highest BCUT2D eigenvalue weighted by molar-refractivity contribution is 9.10. The molecule has 0 aliphatic rings. The van der Waals surface area contributed by atoms with E-state index in [9.17, 15) is 0 Å². The first kappa shape index (κ1) is 15.0. The minimum atomic E-state index is 0.445. The van der Waals surface area contributed by atoms with Crippen molar-refractivity contribution in [2.45, 2.75) is 33.0 Å². The second kappa shape index (κ2) is 7.40. The van der Waals surface area contributed by atoms with E-state index in [1.807, 2.05) is 30.5 Å². The lowest BCUT2D eigenvalue weighted by Crippen LogP contribution is -2.21. The van der Waals surface area contributed by atoms with Crippen molar-refractivity contribution in [3.05, 3.63) is 40.6 Å². The van der Waals surface area contributed by atoms with Crippen LogP contribution >= 0.6 is 15.9 Å². The van der Waals surface area contributed by atoms with Crippen molar-refractivity contribution in [3.8, 4) is 5.75 Å². The predicted molar refractivity (Wildman–Crippen MR) is 81.6 cm³/mol. The fourth-order valence-electron chi connectivity index (χ4n) is 1.63. The van der Waals surface area contributed by atoms with Crippen molar-refractivity contribution < 1.29 is 4.74 Å². The van der Waals surface area contributed by atoms with Crippen molar-refractivity contribution in [2.24, 2.45) is 0 Å². The molecule has 1 heterocycles. The van der Waals surface area contributed by atoms with Crippen molar-refractivity contribution in [3.63, 3.8) is 0 Å². The molecule has 0 atom stereocenters. The Morgan fingerprint density at radius 3 is 2.75 bits per heavy atom. The van der Waals surface area contributed by atoms with Gasteiger partial charge < -0.3 is 10.1 Å². The summed E-state index contributed by atoms with van der Waals surface area (Å²) in [6, 6.07) is 8.23. The molecular weight excluding hydrogens is 320 g/mol. The van der Waals surface area contributed by atoms with E-state index in [2.05, 4.69) is 45.4 Å². The van der Waals surface area contributed by atoms with E-state index in [0.29, 0.717) is 19.2 Å². The van der Waals surface area contributed by atoms with E-state index in [-0.39, 0.29) is 0 Å². The quantitative estimate of drug-likeness (QED) is 0.843. The van der Waals surface area contributed by atoms with E-state index in [1.165, 1.54) is 0 Å². The van der Waals surface area contributed by atoms with Crippen LogP contribution in [0, 0.1) is 0 Å². The van der Waals surface area contributed by atoms with Gasteiger partial charge in [0.15, 0.2) is 0 Å². The SMILES string of the molecule is CC(C)NCc1cn(CCOc2ccc(Br)cc2)nn1. The van der Waals surface area contributed by atoms with E-state index in [4.69, 9.17) is 4.74 Å². The first-order valence-electron chi connectivity index (χ1n) is 6.64. The molecule has 5 nitrogen and oxygen atoms in total.